The van der Waals surface area contributed by atoms with Gasteiger partial charge in [0.2, 0.25) is 0 Å². The van der Waals surface area contributed by atoms with Crippen LogP contribution in [0.2, 0.25) is 0 Å². The lowest BCUT2D eigenvalue weighted by atomic mass is 10.1. The summed E-state index contributed by atoms with van der Waals surface area (Å²) in [5.41, 5.74) is 2.00. The third kappa shape index (κ3) is 6.84. The third-order valence-electron chi connectivity index (χ3n) is 3.02. The van der Waals surface area contributed by atoms with E-state index in [1.54, 1.807) is 0 Å². The molecule has 0 heterocycles. The largest absolute Gasteiger partial charge is 0.376 e. The van der Waals surface area contributed by atoms with Crippen LogP contribution in [0, 0.1) is 11.8 Å². The van der Waals surface area contributed by atoms with E-state index in [1.165, 1.54) is 19.3 Å². The summed E-state index contributed by atoms with van der Waals surface area (Å²) in [5.74, 6) is 5.99. The Kier molecular flexibility index (Phi) is 7.70. The van der Waals surface area contributed by atoms with E-state index in [1.807, 2.05) is 43.3 Å². The Morgan fingerprint density at radius 3 is 2.63 bits per heavy atom. The van der Waals surface area contributed by atoms with Gasteiger partial charge in [-0.2, -0.15) is 0 Å². The smallest absolute Gasteiger partial charge is 0.136 e. The molecule has 0 aliphatic carbocycles. The van der Waals surface area contributed by atoms with Gasteiger partial charge in [-0.25, -0.2) is 0 Å². The minimum absolute atomic E-state index is 0.647. The zero-order chi connectivity index (χ0) is 13.9. The predicted molar refractivity (Wildman–Crippen MR) is 82.6 cm³/mol. The Hall–Kier alpha value is -1.52. The maximum absolute atomic E-state index is 9.94. The van der Waals surface area contributed by atoms with Gasteiger partial charge < -0.3 is 5.11 Å². The van der Waals surface area contributed by atoms with E-state index in [4.69, 9.17) is 0 Å². The van der Waals surface area contributed by atoms with Crippen molar-refractivity contribution in [1.82, 2.24) is 0 Å². The van der Waals surface area contributed by atoms with Crippen LogP contribution >= 0.6 is 0 Å². The molecule has 0 aliphatic rings. The molecular weight excluding hydrogens is 232 g/mol. The molecule has 0 spiro atoms. The van der Waals surface area contributed by atoms with Crippen LogP contribution in [-0.4, -0.2) is 11.2 Å². The van der Waals surface area contributed by atoms with Crippen LogP contribution < -0.4 is 0 Å². The predicted octanol–water partition coefficient (Wildman–Crippen LogP) is 4.42. The Labute approximate surface area is 117 Å². The summed E-state index contributed by atoms with van der Waals surface area (Å²) in [5, 5.41) is 9.94. The molecule has 102 valence electrons. The maximum atomic E-state index is 9.94. The molecule has 0 aliphatic heterocycles. The highest BCUT2D eigenvalue weighted by Gasteiger charge is 2.01. The fourth-order valence-electron chi connectivity index (χ4n) is 1.81. The van der Waals surface area contributed by atoms with Gasteiger partial charge >= 0.3 is 0 Å². The van der Waals surface area contributed by atoms with Crippen molar-refractivity contribution in [2.45, 2.75) is 52.1 Å². The van der Waals surface area contributed by atoms with Crippen molar-refractivity contribution in [2.24, 2.45) is 0 Å². The molecule has 0 saturated carbocycles. The number of aliphatic hydroxyl groups excluding tert-OH is 1. The Morgan fingerprint density at radius 2 is 1.95 bits per heavy atom. The van der Waals surface area contributed by atoms with Crippen molar-refractivity contribution >= 4 is 6.08 Å². The summed E-state index contributed by atoms with van der Waals surface area (Å²) in [6.45, 7) is 4.12. The second-order valence-electron chi connectivity index (χ2n) is 4.83. The van der Waals surface area contributed by atoms with Crippen molar-refractivity contribution in [3.05, 3.63) is 41.5 Å². The summed E-state index contributed by atoms with van der Waals surface area (Å²) >= 11 is 0. The van der Waals surface area contributed by atoms with Crippen LogP contribution in [0.1, 0.15) is 51.5 Å². The fraction of sp³-hybridized carbons (Fsp3) is 0.444. The molecule has 1 nitrogen and oxygen atoms in total. The van der Waals surface area contributed by atoms with Gasteiger partial charge in [0, 0.05) is 6.42 Å². The number of aliphatic hydroxyl groups is 1. The van der Waals surface area contributed by atoms with Gasteiger partial charge in [-0.1, -0.05) is 68.5 Å². The lowest BCUT2D eigenvalue weighted by Gasteiger charge is -2.03. The van der Waals surface area contributed by atoms with E-state index in [0.29, 0.717) is 0 Å². The summed E-state index contributed by atoms with van der Waals surface area (Å²) < 4.78 is 0. The molecule has 1 aromatic rings. The van der Waals surface area contributed by atoms with Crippen molar-refractivity contribution in [2.75, 3.05) is 0 Å². The van der Waals surface area contributed by atoms with Crippen molar-refractivity contribution in [3.63, 3.8) is 0 Å². The highest BCUT2D eigenvalue weighted by Crippen LogP contribution is 2.09. The van der Waals surface area contributed by atoms with Crippen LogP contribution in [0.25, 0.3) is 6.08 Å². The molecule has 19 heavy (non-hydrogen) atoms. The van der Waals surface area contributed by atoms with Gasteiger partial charge in [0.05, 0.1) is 0 Å². The van der Waals surface area contributed by atoms with Gasteiger partial charge in [-0.15, -0.1) is 5.92 Å². The number of unbranched alkanes of at least 4 members (excludes halogenated alkanes) is 4. The SMILES string of the molecule is CCCCCCC#CC(O)/C(C)=C/c1ccccc1. The van der Waals surface area contributed by atoms with E-state index < -0.39 is 6.10 Å². The molecule has 0 fully saturated rings. The average molecular weight is 256 g/mol. The van der Waals surface area contributed by atoms with Crippen LogP contribution in [0.4, 0.5) is 0 Å². The topological polar surface area (TPSA) is 20.2 Å². The van der Waals surface area contributed by atoms with Gasteiger partial charge in [0.1, 0.15) is 6.10 Å². The standard InChI is InChI=1S/C18H24O/c1-3-4-5-6-7-11-14-18(19)16(2)15-17-12-9-8-10-13-17/h8-10,12-13,15,18-19H,3-7H2,1-2H3/b16-15+. The van der Waals surface area contributed by atoms with Crippen LogP contribution in [0.3, 0.4) is 0 Å². The zero-order valence-corrected chi connectivity index (χ0v) is 12.0. The Morgan fingerprint density at radius 1 is 1.21 bits per heavy atom. The number of benzene rings is 1. The summed E-state index contributed by atoms with van der Waals surface area (Å²) in [6, 6.07) is 10.0. The van der Waals surface area contributed by atoms with Crippen molar-refractivity contribution in [3.8, 4) is 11.8 Å². The Balaban J connectivity index is 2.42. The van der Waals surface area contributed by atoms with E-state index >= 15 is 0 Å². The van der Waals surface area contributed by atoms with Crippen LogP contribution in [0.5, 0.6) is 0 Å². The number of hydrogen-bond donors (Lipinski definition) is 1. The lowest BCUT2D eigenvalue weighted by Crippen LogP contribution is -2.04. The second kappa shape index (κ2) is 9.42. The summed E-state index contributed by atoms with van der Waals surface area (Å²) in [6.07, 6.45) is 7.11. The van der Waals surface area contributed by atoms with Crippen LogP contribution in [-0.2, 0) is 0 Å². The molecule has 0 radical (unpaired) electrons. The molecule has 1 rings (SSSR count). The van der Waals surface area contributed by atoms with E-state index in [0.717, 1.165) is 24.0 Å². The van der Waals surface area contributed by atoms with Crippen LogP contribution in [0.15, 0.2) is 35.9 Å². The summed E-state index contributed by atoms with van der Waals surface area (Å²) in [4.78, 5) is 0. The Bertz CT molecular complexity index is 434. The van der Waals surface area contributed by atoms with Crippen molar-refractivity contribution < 1.29 is 5.11 Å². The molecule has 1 aromatic carbocycles. The molecule has 1 N–H and O–H groups in total. The van der Waals surface area contributed by atoms with Gasteiger partial charge in [-0.05, 0) is 24.5 Å². The average Bonchev–Trinajstić information content (AvgIpc) is 2.43. The highest BCUT2D eigenvalue weighted by molar-refractivity contribution is 5.54. The minimum atomic E-state index is -0.647. The minimum Gasteiger partial charge on any atom is -0.376 e. The molecule has 0 amide bonds. The first kappa shape index (κ1) is 15.5. The third-order valence-corrected chi connectivity index (χ3v) is 3.02. The second-order valence-corrected chi connectivity index (χ2v) is 4.83. The maximum Gasteiger partial charge on any atom is 0.136 e. The molecule has 0 saturated heterocycles. The highest BCUT2D eigenvalue weighted by atomic mass is 16.3. The molecule has 1 unspecified atom stereocenters. The van der Waals surface area contributed by atoms with Gasteiger partial charge in [0.25, 0.3) is 0 Å². The van der Waals surface area contributed by atoms with E-state index in [-0.39, 0.29) is 0 Å². The van der Waals surface area contributed by atoms with E-state index in [9.17, 15) is 5.11 Å². The van der Waals surface area contributed by atoms with Gasteiger partial charge in [-0.3, -0.25) is 0 Å². The van der Waals surface area contributed by atoms with Crippen molar-refractivity contribution in [1.29, 1.82) is 0 Å². The number of rotatable bonds is 6. The number of hydrogen-bond acceptors (Lipinski definition) is 1. The van der Waals surface area contributed by atoms with E-state index in [2.05, 4.69) is 18.8 Å². The molecule has 0 bridgehead atoms. The molecular formula is C18H24O. The monoisotopic (exact) mass is 256 g/mol. The quantitative estimate of drug-likeness (QED) is 0.590. The summed E-state index contributed by atoms with van der Waals surface area (Å²) in [7, 11) is 0. The molecule has 1 heteroatoms. The lowest BCUT2D eigenvalue weighted by molar-refractivity contribution is 0.269. The fourth-order valence-corrected chi connectivity index (χ4v) is 1.81. The first-order chi connectivity index (χ1) is 9.24. The van der Waals surface area contributed by atoms with Gasteiger partial charge in [0.15, 0.2) is 0 Å². The first-order valence-corrected chi connectivity index (χ1v) is 7.13. The zero-order valence-electron chi connectivity index (χ0n) is 12.0. The normalized spacial score (nSPS) is 12.7. The molecule has 1 atom stereocenters. The molecule has 0 aromatic heterocycles. The first-order valence-electron chi connectivity index (χ1n) is 7.13.